The molecule has 1 atom stereocenters. The number of nitro benzene ring substituents is 1. The molecule has 2 bridgehead atoms. The van der Waals surface area contributed by atoms with Crippen LogP contribution in [0.3, 0.4) is 0 Å². The average molecular weight is 2150 g/mol. The Bertz CT molecular complexity index is 4000. The number of hydrogen-bond acceptors (Lipinski definition) is 22. The first-order valence-electron chi connectivity index (χ1n) is 39.3. The van der Waals surface area contributed by atoms with Crippen LogP contribution in [0.5, 0.6) is 23.0 Å². The first-order valence-corrected chi connectivity index (χ1v) is 45.2. The van der Waals surface area contributed by atoms with E-state index < -0.39 is 39.7 Å². The molecule has 4 aromatic carbocycles. The first kappa shape index (κ1) is 121. The molecule has 0 saturated heterocycles. The van der Waals surface area contributed by atoms with Crippen LogP contribution in [0, 0.1) is 37.5 Å². The second-order valence-electron chi connectivity index (χ2n) is 28.2. The van der Waals surface area contributed by atoms with Crippen molar-refractivity contribution in [3.05, 3.63) is 236 Å². The van der Waals surface area contributed by atoms with Crippen molar-refractivity contribution < 1.29 is 95.6 Å². The summed E-state index contributed by atoms with van der Waals surface area (Å²) < 4.78 is 47.8. The maximum atomic E-state index is 11.3. The van der Waals surface area contributed by atoms with Crippen molar-refractivity contribution in [3.8, 4) is 23.0 Å². The summed E-state index contributed by atoms with van der Waals surface area (Å²) in [5, 5.41) is 19.7. The number of halogens is 10. The lowest BCUT2D eigenvalue weighted by atomic mass is 9.97. The second-order valence-corrected chi connectivity index (χ2v) is 34.1. The fraction of sp³-hybridized carbons (Fsp3) is 0.433. The number of rotatable bonds is 39. The summed E-state index contributed by atoms with van der Waals surface area (Å²) in [6, 6.07) is 13.0. The number of benzene rings is 4. The monoisotopic (exact) mass is 2140 g/mol. The van der Waals surface area contributed by atoms with Crippen LogP contribution < -0.4 is 18.9 Å². The van der Waals surface area contributed by atoms with Gasteiger partial charge in [0.05, 0.1) is 57.2 Å². The van der Waals surface area contributed by atoms with Crippen LogP contribution in [0.1, 0.15) is 196 Å². The zero-order valence-electron chi connectivity index (χ0n) is 71.5. The summed E-state index contributed by atoms with van der Waals surface area (Å²) in [6.45, 7) is 46.9. The number of carbonyl (C=O) groups is 9. The summed E-state index contributed by atoms with van der Waals surface area (Å²) in [6.07, 6.45) is 36.2. The Balaban J connectivity index is -0.00000134. The zero-order chi connectivity index (χ0) is 95.1. The van der Waals surface area contributed by atoms with E-state index in [4.69, 9.17) is 95.9 Å². The molecule has 0 aliphatic heterocycles. The number of aryl methyl sites for hydroxylation is 1. The van der Waals surface area contributed by atoms with Gasteiger partial charge in [-0.25, -0.2) is 43.2 Å². The molecule has 1 unspecified atom stereocenters. The quantitative estimate of drug-likeness (QED) is 0.00461. The Morgan fingerprint density at radius 3 is 1.32 bits per heavy atom. The molecule has 2 aliphatic rings. The number of hydrogen-bond donors (Lipinski definition) is 0. The summed E-state index contributed by atoms with van der Waals surface area (Å²) in [7, 11) is 0. The Morgan fingerprint density at radius 2 is 0.879 bits per heavy atom. The Morgan fingerprint density at radius 1 is 0.476 bits per heavy atom. The first-order chi connectivity index (χ1) is 58.4. The Kier molecular flexibility index (Phi) is 68.5. The lowest BCUT2D eigenvalue weighted by Crippen LogP contribution is -2.29. The van der Waals surface area contributed by atoms with E-state index in [1.807, 2.05) is 52.0 Å². The molecule has 0 radical (unpaired) electrons. The van der Waals surface area contributed by atoms with E-state index in [-0.39, 0.29) is 96.4 Å². The molecule has 0 N–H and O–H groups in total. The number of nitrogens with zero attached hydrogens (tertiary/aromatic N) is 2. The van der Waals surface area contributed by atoms with E-state index in [2.05, 4.69) is 171 Å². The minimum absolute atomic E-state index is 0.00302. The molecule has 2 fully saturated rings. The fourth-order valence-electron chi connectivity index (χ4n) is 10.0. The topological polar surface area (TPSA) is 323 Å². The number of nitro groups is 2. The number of unbranched alkanes of at least 4 members (excludes halogenated alkanes) is 11. The molecule has 2 aliphatic carbocycles. The van der Waals surface area contributed by atoms with Crippen LogP contribution in [-0.2, 0) is 73.3 Å². The van der Waals surface area contributed by atoms with Crippen molar-refractivity contribution >= 4 is 197 Å². The minimum atomic E-state index is -0.738. The zero-order valence-corrected chi connectivity index (χ0v) is 83.2. The van der Waals surface area contributed by atoms with Gasteiger partial charge in [0.2, 0.25) is 6.54 Å². The predicted molar refractivity (Wildman–Crippen MR) is 509 cm³/mol. The van der Waals surface area contributed by atoms with E-state index in [0.717, 1.165) is 113 Å². The van der Waals surface area contributed by atoms with Crippen LogP contribution in [0.15, 0.2) is 185 Å². The van der Waals surface area contributed by atoms with Crippen molar-refractivity contribution in [2.75, 3.05) is 26.4 Å². The highest BCUT2D eigenvalue weighted by Gasteiger charge is 2.47. The average Bonchev–Trinajstić information content (AvgIpc) is 1.66. The number of carbonyl (C=O) groups excluding carboxylic acids is 9. The van der Waals surface area contributed by atoms with Gasteiger partial charge in [-0.05, 0) is 192 Å². The third kappa shape index (κ3) is 56.5. The van der Waals surface area contributed by atoms with Crippen LogP contribution in [0.25, 0.3) is 0 Å². The number of non-ortho nitro benzene ring substituents is 1. The molecule has 0 aromatic heterocycles. The predicted octanol–water partition coefficient (Wildman–Crippen LogP) is 27.2. The molecule has 34 heteroatoms. The molecular weight excluding hydrogens is 2040 g/mol. The van der Waals surface area contributed by atoms with Gasteiger partial charge in [0.15, 0.2) is 18.1 Å². The van der Waals surface area contributed by atoms with E-state index in [9.17, 15) is 63.4 Å². The highest BCUT2D eigenvalue weighted by atomic mass is 79.9. The number of fused-ring (bicyclic) bond motifs is 2. The number of para-hydroxylation sites is 1. The van der Waals surface area contributed by atoms with Gasteiger partial charge in [0, 0.05) is 76.2 Å². The number of ether oxygens (including phenoxy) is 9. The van der Waals surface area contributed by atoms with Crippen LogP contribution in [0.2, 0.25) is 25.1 Å². The SMILES string of the molecule is C=CC(=O)OC(C)CCCCCC.C=CC(=O)OC12CCC(CC1)C2.C=CC(=O)OCC(C)(C)C.C=CC(=O)OCCCCCC(C)C.C=CC(=O)OCC[N+](=O)[O-].C=CC(=O)Oc1c(Br)c(Br)c(Br)c(Br)c1Br.C=CC(=O)Oc1c(Cl)c(Cl)c(Cl)c(Cl)c1Cl.C=CC(=O)Oc1ccc([N+](=O)[O-])cc1.C=CC(=O)Oc1ccccc1CCCCCCCCC. The number of esters is 9. The van der Waals surface area contributed by atoms with Crippen molar-refractivity contribution in [3.63, 3.8) is 0 Å². The summed E-state index contributed by atoms with van der Waals surface area (Å²) in [5.74, 6) is -1.38. The highest BCUT2D eigenvalue weighted by Crippen LogP contribution is 2.51. The van der Waals surface area contributed by atoms with Crippen molar-refractivity contribution in [2.24, 2.45) is 17.3 Å². The van der Waals surface area contributed by atoms with E-state index in [0.29, 0.717) is 33.7 Å². The fourth-order valence-corrected chi connectivity index (χ4v) is 14.4. The summed E-state index contributed by atoms with van der Waals surface area (Å²) in [5.41, 5.74) is 1.01. The van der Waals surface area contributed by atoms with Gasteiger partial charge in [-0.2, -0.15) is 0 Å². The molecule has 0 amide bonds. The molecule has 4 aromatic rings. The molecule has 6 rings (SSSR count). The van der Waals surface area contributed by atoms with Crippen molar-refractivity contribution in [1.29, 1.82) is 0 Å². The summed E-state index contributed by atoms with van der Waals surface area (Å²) >= 11 is 45.7. The molecule has 0 heterocycles. The van der Waals surface area contributed by atoms with Gasteiger partial charge in [0.25, 0.3) is 5.69 Å². The van der Waals surface area contributed by atoms with Crippen LogP contribution in [0.4, 0.5) is 5.69 Å². The van der Waals surface area contributed by atoms with Gasteiger partial charge in [0.1, 0.15) is 27.1 Å². The minimum Gasteiger partial charge on any atom is -0.463 e. The molecule has 24 nitrogen and oxygen atoms in total. The molecule has 0 spiro atoms. The lowest BCUT2D eigenvalue weighted by Gasteiger charge is -2.25. The van der Waals surface area contributed by atoms with Gasteiger partial charge >= 0.3 is 53.7 Å². The third-order valence-electron chi connectivity index (χ3n) is 16.4. The van der Waals surface area contributed by atoms with E-state index in [1.165, 1.54) is 138 Å². The smallest absolute Gasteiger partial charge is 0.335 e. The highest BCUT2D eigenvalue weighted by molar-refractivity contribution is 9.15. The van der Waals surface area contributed by atoms with Crippen molar-refractivity contribution in [1.82, 2.24) is 0 Å². The third-order valence-corrected chi connectivity index (χ3v) is 24.6. The summed E-state index contributed by atoms with van der Waals surface area (Å²) in [4.78, 5) is 116. The maximum Gasteiger partial charge on any atom is 0.335 e. The normalized spacial score (nSPS) is 12.8. The van der Waals surface area contributed by atoms with Gasteiger partial charge in [-0.3, -0.25) is 20.2 Å². The van der Waals surface area contributed by atoms with Gasteiger partial charge in [-0.15, -0.1) is 0 Å². The van der Waals surface area contributed by atoms with E-state index >= 15 is 0 Å². The van der Waals surface area contributed by atoms with E-state index in [1.54, 1.807) is 0 Å². The van der Waals surface area contributed by atoms with Crippen molar-refractivity contribution in [2.45, 2.75) is 208 Å². The lowest BCUT2D eigenvalue weighted by molar-refractivity contribution is -0.482. The molecule has 686 valence electrons. The maximum absolute atomic E-state index is 11.3. The standard InChI is InChI=1S/C18H26O2.2C11H20O2.C10H14O2.C9H3Br5O2.C9H3Cl5O2.C9H7NO4.C8H14O2.C5H7NO4/c1-3-5-6-7-8-9-10-13-16-14-11-12-15-17(16)20-18(19)4-2;1-4-11(12)13-9-7-5-6-8-10(2)3;1-4-6-7-8-9-10(3)13-11(12)5-2;1-2-9(11)12-10-5-3-8(7-10)4-6-10;2*1-2-3(15)16-9-7(13)5(11)4(10)6(12)8(9)14;1-2-9(11)14-8-5-3-7(4-6-8)10(12)13;1-5-7(9)10-6-8(2,3)4;1-2-5(7)10-4-3-6(8)9/h4,11-12,14-15H,2-3,5-10,13H2,1H3;4,10H,1,5-9H2,2-3H3;5,10H,2,4,6-9H2,1,3H3;2,8H,1,3-7H2;2*2H,1H2;2-6H,1H2;5H,1,6H2,2-4H3;2H,1,3-4H2. The molecule has 124 heavy (non-hydrogen) atoms. The van der Waals surface area contributed by atoms with Gasteiger partial charge < -0.3 is 42.6 Å². The second kappa shape index (κ2) is 70.5. The van der Waals surface area contributed by atoms with Crippen LogP contribution in [-0.4, -0.2) is 102 Å². The van der Waals surface area contributed by atoms with Gasteiger partial charge in [-0.1, -0.05) is 261 Å². The molecule has 2 saturated carbocycles. The Hall–Kier alpha value is -7.58. The van der Waals surface area contributed by atoms with Crippen LogP contribution >= 0.6 is 138 Å². The largest absolute Gasteiger partial charge is 0.463 e. The Labute approximate surface area is 796 Å². The molecular formula is C90H114Br5Cl5N2O22.